The number of aromatic nitrogens is 4. The van der Waals surface area contributed by atoms with Gasteiger partial charge < -0.3 is 5.32 Å². The number of hydrogen-bond donors (Lipinski definition) is 1. The number of allylic oxidation sites excluding steroid dienone is 1. The lowest BCUT2D eigenvalue weighted by Gasteiger charge is -2.09. The van der Waals surface area contributed by atoms with Gasteiger partial charge in [-0.15, -0.1) is 16.8 Å². The van der Waals surface area contributed by atoms with Crippen molar-refractivity contribution in [2.24, 2.45) is 0 Å². The van der Waals surface area contributed by atoms with Crippen molar-refractivity contribution >= 4 is 35.0 Å². The first-order valence-electron chi connectivity index (χ1n) is 8.22. The quantitative estimate of drug-likeness (QED) is 0.475. The summed E-state index contributed by atoms with van der Waals surface area (Å²) < 4.78 is 1.91. The number of carbonyl (C=O) groups is 1. The van der Waals surface area contributed by atoms with Gasteiger partial charge in [0, 0.05) is 35.2 Å². The molecule has 0 saturated carbocycles. The molecule has 2 heterocycles. The highest BCUT2D eigenvalue weighted by Crippen LogP contribution is 2.24. The fourth-order valence-corrected chi connectivity index (χ4v) is 3.46. The maximum atomic E-state index is 12.3. The molecule has 0 saturated heterocycles. The van der Waals surface area contributed by atoms with E-state index < -0.39 is 0 Å². The molecule has 2 aromatic heterocycles. The molecule has 0 aliphatic rings. The molecule has 8 heteroatoms. The highest BCUT2D eigenvalue weighted by atomic mass is 35.5. The van der Waals surface area contributed by atoms with Crippen LogP contribution >= 0.6 is 23.4 Å². The smallest absolute Gasteiger partial charge is 0.234 e. The second kappa shape index (κ2) is 8.83. The van der Waals surface area contributed by atoms with E-state index in [1.807, 2.05) is 29.7 Å². The van der Waals surface area contributed by atoms with Crippen LogP contribution in [0.5, 0.6) is 0 Å². The molecule has 1 N–H and O–H groups in total. The molecule has 0 atom stereocenters. The van der Waals surface area contributed by atoms with Crippen LogP contribution in [0.25, 0.3) is 11.4 Å². The normalized spacial score (nSPS) is 10.6. The van der Waals surface area contributed by atoms with Crippen LogP contribution in [0.3, 0.4) is 0 Å². The van der Waals surface area contributed by atoms with Crippen molar-refractivity contribution in [1.82, 2.24) is 19.7 Å². The van der Waals surface area contributed by atoms with Gasteiger partial charge in [-0.3, -0.25) is 14.3 Å². The number of halogens is 1. The Balaban J connectivity index is 1.71. The summed E-state index contributed by atoms with van der Waals surface area (Å²) in [6.45, 7) is 6.23. The highest BCUT2D eigenvalue weighted by Gasteiger charge is 2.15. The lowest BCUT2D eigenvalue weighted by molar-refractivity contribution is -0.113. The topological polar surface area (TPSA) is 72.7 Å². The highest BCUT2D eigenvalue weighted by molar-refractivity contribution is 7.99. The molecule has 138 valence electrons. The summed E-state index contributed by atoms with van der Waals surface area (Å²) in [6, 6.07) is 9.11. The summed E-state index contributed by atoms with van der Waals surface area (Å²) in [5, 5.41) is 12.7. The minimum atomic E-state index is -0.124. The number of benzene rings is 1. The Morgan fingerprint density at radius 1 is 1.37 bits per heavy atom. The zero-order valence-corrected chi connectivity index (χ0v) is 16.3. The molecule has 0 fully saturated rings. The van der Waals surface area contributed by atoms with Crippen LogP contribution in [-0.2, 0) is 11.3 Å². The second-order valence-corrected chi connectivity index (χ2v) is 7.12. The van der Waals surface area contributed by atoms with E-state index in [0.29, 0.717) is 22.5 Å². The molecule has 0 radical (unpaired) electrons. The zero-order valence-electron chi connectivity index (χ0n) is 14.7. The predicted octanol–water partition coefficient (Wildman–Crippen LogP) is 4.22. The van der Waals surface area contributed by atoms with E-state index in [9.17, 15) is 4.79 Å². The molecule has 3 aromatic rings. The van der Waals surface area contributed by atoms with E-state index in [2.05, 4.69) is 27.1 Å². The maximum Gasteiger partial charge on any atom is 0.234 e. The number of hydrogen-bond acceptors (Lipinski definition) is 5. The van der Waals surface area contributed by atoms with Crippen LogP contribution in [0.1, 0.15) is 5.56 Å². The van der Waals surface area contributed by atoms with Crippen molar-refractivity contribution in [3.8, 4) is 11.4 Å². The van der Waals surface area contributed by atoms with Crippen LogP contribution in [0.15, 0.2) is 60.5 Å². The number of rotatable bonds is 7. The van der Waals surface area contributed by atoms with Gasteiger partial charge in [0.1, 0.15) is 0 Å². The molecule has 27 heavy (non-hydrogen) atoms. The molecule has 0 aliphatic carbocycles. The van der Waals surface area contributed by atoms with Gasteiger partial charge in [0.25, 0.3) is 0 Å². The van der Waals surface area contributed by atoms with E-state index in [-0.39, 0.29) is 11.7 Å². The van der Waals surface area contributed by atoms with Gasteiger partial charge in [-0.1, -0.05) is 29.4 Å². The van der Waals surface area contributed by atoms with Gasteiger partial charge in [0.15, 0.2) is 11.0 Å². The van der Waals surface area contributed by atoms with Crippen LogP contribution < -0.4 is 5.32 Å². The molecular weight excluding hydrogens is 382 g/mol. The van der Waals surface area contributed by atoms with Gasteiger partial charge in [-0.05, 0) is 42.8 Å². The Kier molecular flexibility index (Phi) is 6.26. The summed E-state index contributed by atoms with van der Waals surface area (Å²) >= 11 is 7.27. The number of anilines is 1. The van der Waals surface area contributed by atoms with Gasteiger partial charge in [-0.25, -0.2) is 0 Å². The van der Waals surface area contributed by atoms with Gasteiger partial charge in [-0.2, -0.15) is 0 Å². The van der Waals surface area contributed by atoms with Crippen molar-refractivity contribution in [3.05, 3.63) is 66.0 Å². The summed E-state index contributed by atoms with van der Waals surface area (Å²) in [5.74, 6) is 0.783. The summed E-state index contributed by atoms with van der Waals surface area (Å²) in [5.41, 5.74) is 2.52. The van der Waals surface area contributed by atoms with E-state index in [4.69, 9.17) is 11.6 Å². The molecule has 6 nitrogen and oxygen atoms in total. The summed E-state index contributed by atoms with van der Waals surface area (Å²) in [4.78, 5) is 16.4. The number of aryl methyl sites for hydroxylation is 1. The first kappa shape index (κ1) is 19.1. The minimum absolute atomic E-state index is 0.124. The van der Waals surface area contributed by atoms with E-state index in [1.165, 1.54) is 11.8 Å². The first-order valence-corrected chi connectivity index (χ1v) is 9.58. The minimum Gasteiger partial charge on any atom is -0.325 e. The van der Waals surface area contributed by atoms with E-state index in [0.717, 1.165) is 16.8 Å². The van der Waals surface area contributed by atoms with Crippen LogP contribution in [-0.4, -0.2) is 31.4 Å². The SMILES string of the molecule is C=CCn1c(SCC(=O)Nc2ccc(Cl)cc2C)nnc1-c1cccnc1. The molecule has 3 rings (SSSR count). The Labute approximate surface area is 166 Å². The van der Waals surface area contributed by atoms with Gasteiger partial charge >= 0.3 is 0 Å². The van der Waals surface area contributed by atoms with Crippen molar-refractivity contribution in [2.75, 3.05) is 11.1 Å². The van der Waals surface area contributed by atoms with E-state index in [1.54, 1.807) is 30.6 Å². The number of nitrogens with one attached hydrogen (secondary N) is 1. The number of carbonyl (C=O) groups excluding carboxylic acids is 1. The molecule has 0 spiro atoms. The van der Waals surface area contributed by atoms with Crippen molar-refractivity contribution < 1.29 is 4.79 Å². The molecule has 1 aromatic carbocycles. The van der Waals surface area contributed by atoms with Crippen LogP contribution in [0, 0.1) is 6.92 Å². The number of pyridine rings is 1. The average molecular weight is 400 g/mol. The van der Waals surface area contributed by atoms with Crippen molar-refractivity contribution in [3.63, 3.8) is 0 Å². The van der Waals surface area contributed by atoms with E-state index >= 15 is 0 Å². The lowest BCUT2D eigenvalue weighted by Crippen LogP contribution is -2.15. The number of nitrogens with zero attached hydrogens (tertiary/aromatic N) is 4. The Morgan fingerprint density at radius 3 is 2.93 bits per heavy atom. The van der Waals surface area contributed by atoms with Crippen LogP contribution in [0.2, 0.25) is 5.02 Å². The third-order valence-corrected chi connectivity index (χ3v) is 4.95. The molecule has 1 amide bonds. The zero-order chi connectivity index (χ0) is 19.2. The monoisotopic (exact) mass is 399 g/mol. The Bertz CT molecular complexity index is 958. The second-order valence-electron chi connectivity index (χ2n) is 5.74. The Morgan fingerprint density at radius 2 is 2.22 bits per heavy atom. The number of amides is 1. The van der Waals surface area contributed by atoms with Gasteiger partial charge in [0.2, 0.25) is 5.91 Å². The average Bonchev–Trinajstić information content (AvgIpc) is 3.06. The Hall–Kier alpha value is -2.64. The first-order chi connectivity index (χ1) is 13.1. The molecule has 0 bridgehead atoms. The number of thioether (sulfide) groups is 1. The summed E-state index contributed by atoms with van der Waals surface area (Å²) in [6.07, 6.45) is 5.20. The fraction of sp³-hybridized carbons (Fsp3) is 0.158. The standard InChI is InChI=1S/C19H18ClN5OS/c1-3-9-25-18(14-5-4-8-21-11-14)23-24-19(25)27-12-17(26)22-16-7-6-15(20)10-13(16)2/h3-8,10-11H,1,9,12H2,2H3,(H,22,26). The molecular formula is C19H18ClN5OS. The lowest BCUT2D eigenvalue weighted by atomic mass is 10.2. The third-order valence-electron chi connectivity index (χ3n) is 3.74. The van der Waals surface area contributed by atoms with Crippen molar-refractivity contribution in [1.29, 1.82) is 0 Å². The fourth-order valence-electron chi connectivity index (χ4n) is 2.48. The third kappa shape index (κ3) is 4.75. The largest absolute Gasteiger partial charge is 0.325 e. The molecule has 0 unspecified atom stereocenters. The van der Waals surface area contributed by atoms with Crippen LogP contribution in [0.4, 0.5) is 5.69 Å². The predicted molar refractivity (Wildman–Crippen MR) is 109 cm³/mol. The maximum absolute atomic E-state index is 12.3. The molecule has 0 aliphatic heterocycles. The van der Waals surface area contributed by atoms with Crippen molar-refractivity contribution in [2.45, 2.75) is 18.6 Å². The summed E-state index contributed by atoms with van der Waals surface area (Å²) in [7, 11) is 0. The van der Waals surface area contributed by atoms with Gasteiger partial charge in [0.05, 0.1) is 5.75 Å².